The van der Waals surface area contributed by atoms with Crippen LogP contribution < -0.4 is 0 Å². The van der Waals surface area contributed by atoms with E-state index in [2.05, 4.69) is 9.80 Å². The zero-order valence-corrected chi connectivity index (χ0v) is 21.5. The van der Waals surface area contributed by atoms with Crippen LogP contribution in [0.5, 0.6) is 0 Å². The minimum Gasteiger partial charge on any atom is -0.386 e. The van der Waals surface area contributed by atoms with Crippen LogP contribution in [0, 0.1) is 0 Å². The Morgan fingerprint density at radius 1 is 0.471 bits per heavy atom. The predicted molar refractivity (Wildman–Crippen MR) is 133 cm³/mol. The molecule has 6 nitrogen and oxygen atoms in total. The zero-order valence-electron chi connectivity index (χ0n) is 21.5. The van der Waals surface area contributed by atoms with Crippen molar-refractivity contribution in [1.29, 1.82) is 0 Å². The number of piperidine rings is 2. The lowest BCUT2D eigenvalue weighted by molar-refractivity contribution is -0.246. The van der Waals surface area contributed by atoms with E-state index in [-0.39, 0.29) is 12.5 Å². The number of ether oxygens (including phenoxy) is 2. The van der Waals surface area contributed by atoms with Gasteiger partial charge in [-0.2, -0.15) is 0 Å². The number of nitrogens with zero attached hydrogens (tertiary/aromatic N) is 2. The molecule has 5 fully saturated rings. The quantitative estimate of drug-likeness (QED) is 0.532. The summed E-state index contributed by atoms with van der Waals surface area (Å²) in [6, 6.07) is 0. The Morgan fingerprint density at radius 2 is 0.882 bits per heavy atom. The Labute approximate surface area is 207 Å². The number of fused-ring (bicyclic) bond motifs is 2. The van der Waals surface area contributed by atoms with Gasteiger partial charge < -0.3 is 19.7 Å². The summed E-state index contributed by atoms with van der Waals surface area (Å²) >= 11 is 0. The summed E-state index contributed by atoms with van der Waals surface area (Å²) in [4.78, 5) is 4.83. The Hall–Kier alpha value is -0.240. The van der Waals surface area contributed by atoms with Crippen molar-refractivity contribution in [1.82, 2.24) is 9.80 Å². The van der Waals surface area contributed by atoms with Crippen molar-refractivity contribution in [2.24, 2.45) is 0 Å². The standard InChI is InChI=1S/C28H50N2O4/c31-27-15-7-3-1-5-11-23-13-21-29-20-10-18-28(32,26(29)33-23)16-8-4-2-6-12-24-14-22-30(19-9-17-27)25(27)34-24/h23-26,31-32H,1-22H2/t23-,24-,25+,26+,27-,28-/m1/s1. The van der Waals surface area contributed by atoms with Gasteiger partial charge in [0.25, 0.3) is 0 Å². The highest BCUT2D eigenvalue weighted by Crippen LogP contribution is 2.39. The maximum absolute atomic E-state index is 11.6. The van der Waals surface area contributed by atoms with Crippen molar-refractivity contribution < 1.29 is 19.7 Å². The van der Waals surface area contributed by atoms with Crippen molar-refractivity contribution in [3.63, 3.8) is 0 Å². The third kappa shape index (κ3) is 5.84. The molecule has 0 aromatic heterocycles. The molecule has 6 atom stereocenters. The van der Waals surface area contributed by atoms with Gasteiger partial charge in [-0.3, -0.25) is 9.80 Å². The Kier molecular flexibility index (Phi) is 8.55. The summed E-state index contributed by atoms with van der Waals surface area (Å²) in [6.07, 6.45) is 19.7. The number of rotatable bonds is 0. The topological polar surface area (TPSA) is 65.4 Å². The molecule has 6 heteroatoms. The van der Waals surface area contributed by atoms with Crippen LogP contribution in [0.3, 0.4) is 0 Å². The molecular weight excluding hydrogens is 428 g/mol. The molecule has 0 aliphatic carbocycles. The van der Waals surface area contributed by atoms with Crippen LogP contribution in [0.2, 0.25) is 0 Å². The Bertz CT molecular complexity index is 596. The highest BCUT2D eigenvalue weighted by Gasteiger charge is 2.48. The second-order valence-electron chi connectivity index (χ2n) is 12.2. The molecule has 0 radical (unpaired) electrons. The summed E-state index contributed by atoms with van der Waals surface area (Å²) in [5.41, 5.74) is -1.34. The molecule has 0 spiro atoms. The normalized spacial score (nSPS) is 44.3. The molecule has 0 unspecified atom stereocenters. The molecule has 5 rings (SSSR count). The van der Waals surface area contributed by atoms with Gasteiger partial charge in [0.1, 0.15) is 23.7 Å². The van der Waals surface area contributed by atoms with Crippen LogP contribution in [0.25, 0.3) is 0 Å². The van der Waals surface area contributed by atoms with E-state index in [0.29, 0.717) is 12.2 Å². The number of aliphatic hydroxyl groups is 2. The third-order valence-corrected chi connectivity index (χ3v) is 9.58. The Morgan fingerprint density at radius 3 is 1.35 bits per heavy atom. The zero-order chi connectivity index (χ0) is 23.4. The molecule has 0 saturated carbocycles. The van der Waals surface area contributed by atoms with Gasteiger partial charge in [0, 0.05) is 26.2 Å². The second kappa shape index (κ2) is 11.4. The molecule has 0 aromatic carbocycles. The van der Waals surface area contributed by atoms with Gasteiger partial charge in [-0.25, -0.2) is 0 Å². The minimum atomic E-state index is -0.668. The molecule has 34 heavy (non-hydrogen) atoms. The second-order valence-corrected chi connectivity index (χ2v) is 12.2. The van der Waals surface area contributed by atoms with Crippen molar-refractivity contribution in [2.45, 2.75) is 151 Å². The highest BCUT2D eigenvalue weighted by molar-refractivity contribution is 4.96. The van der Waals surface area contributed by atoms with Crippen LogP contribution in [0.15, 0.2) is 0 Å². The molecule has 0 aromatic rings. The lowest BCUT2D eigenvalue weighted by Gasteiger charge is -2.51. The Balaban J connectivity index is 1.21. The molecular formula is C28H50N2O4. The first kappa shape index (κ1) is 25.4. The fourth-order valence-corrected chi connectivity index (χ4v) is 7.58. The average Bonchev–Trinajstić information content (AvgIpc) is 2.84. The van der Waals surface area contributed by atoms with E-state index in [1.165, 1.54) is 38.5 Å². The molecule has 196 valence electrons. The molecule has 5 aliphatic heterocycles. The van der Waals surface area contributed by atoms with Crippen molar-refractivity contribution in [3.8, 4) is 0 Å². The first-order valence-corrected chi connectivity index (χ1v) is 14.8. The SMILES string of the molecule is O[C@]12CCCCCC[C@@H]3CCN4CCC[C@](O)(CCCCCC[C@@H]5CCN(CCC1)[C@H]2O5)[C@@H]4O3. The lowest BCUT2D eigenvalue weighted by Crippen LogP contribution is -2.62. The highest BCUT2D eigenvalue weighted by atomic mass is 16.5. The fraction of sp³-hybridized carbons (Fsp3) is 1.00. The first-order valence-electron chi connectivity index (χ1n) is 14.8. The molecule has 5 aliphatic rings. The summed E-state index contributed by atoms with van der Waals surface area (Å²) < 4.78 is 13.1. The minimum absolute atomic E-state index is 0.0957. The van der Waals surface area contributed by atoms with Crippen LogP contribution in [-0.2, 0) is 9.47 Å². The van der Waals surface area contributed by atoms with E-state index in [0.717, 1.165) is 103 Å². The van der Waals surface area contributed by atoms with Crippen LogP contribution in [-0.4, -0.2) is 82.1 Å². The van der Waals surface area contributed by atoms with E-state index in [1.54, 1.807) is 0 Å². The van der Waals surface area contributed by atoms with E-state index in [1.807, 2.05) is 0 Å². The monoisotopic (exact) mass is 478 g/mol. The number of hydrogen-bond acceptors (Lipinski definition) is 6. The van der Waals surface area contributed by atoms with Gasteiger partial charge in [0.05, 0.1) is 12.2 Å². The van der Waals surface area contributed by atoms with E-state index < -0.39 is 11.2 Å². The summed E-state index contributed by atoms with van der Waals surface area (Å²) in [5, 5.41) is 23.2. The van der Waals surface area contributed by atoms with Crippen LogP contribution >= 0.6 is 0 Å². The maximum Gasteiger partial charge on any atom is 0.140 e. The van der Waals surface area contributed by atoms with Crippen molar-refractivity contribution in [3.05, 3.63) is 0 Å². The average molecular weight is 479 g/mol. The molecule has 2 N–H and O–H groups in total. The number of hydrogen-bond donors (Lipinski definition) is 2. The third-order valence-electron chi connectivity index (χ3n) is 9.58. The van der Waals surface area contributed by atoms with Gasteiger partial charge in [0.2, 0.25) is 0 Å². The maximum atomic E-state index is 11.6. The molecule has 4 bridgehead atoms. The van der Waals surface area contributed by atoms with Crippen molar-refractivity contribution in [2.75, 3.05) is 26.2 Å². The predicted octanol–water partition coefficient (Wildman–Crippen LogP) is 4.57. The van der Waals surface area contributed by atoms with Gasteiger partial charge in [0.15, 0.2) is 0 Å². The lowest BCUT2D eigenvalue weighted by atomic mass is 9.83. The fourth-order valence-electron chi connectivity index (χ4n) is 7.58. The van der Waals surface area contributed by atoms with E-state index in [4.69, 9.17) is 9.47 Å². The smallest absolute Gasteiger partial charge is 0.140 e. The van der Waals surface area contributed by atoms with Crippen LogP contribution in [0.4, 0.5) is 0 Å². The van der Waals surface area contributed by atoms with Gasteiger partial charge in [-0.05, 0) is 64.2 Å². The molecule has 5 saturated heterocycles. The summed E-state index contributed by atoms with van der Waals surface area (Å²) in [7, 11) is 0. The van der Waals surface area contributed by atoms with Gasteiger partial charge in [-0.15, -0.1) is 0 Å². The van der Waals surface area contributed by atoms with Gasteiger partial charge >= 0.3 is 0 Å². The van der Waals surface area contributed by atoms with Crippen molar-refractivity contribution >= 4 is 0 Å². The summed E-state index contributed by atoms with van der Waals surface area (Å²) in [6.45, 7) is 4.29. The van der Waals surface area contributed by atoms with Gasteiger partial charge in [-0.1, -0.05) is 51.4 Å². The molecule has 0 amide bonds. The van der Waals surface area contributed by atoms with E-state index >= 15 is 0 Å². The summed E-state index contributed by atoms with van der Waals surface area (Å²) in [5.74, 6) is 0. The first-order chi connectivity index (χ1) is 16.6. The largest absolute Gasteiger partial charge is 0.386 e. The van der Waals surface area contributed by atoms with Crippen LogP contribution in [0.1, 0.15) is 116 Å². The van der Waals surface area contributed by atoms with E-state index in [9.17, 15) is 10.2 Å². The molecule has 5 heterocycles.